The number of benzene rings is 6. The van der Waals surface area contributed by atoms with Crippen LogP contribution in [-0.4, -0.2) is 15.0 Å². The molecule has 0 bridgehead atoms. The van der Waals surface area contributed by atoms with E-state index in [1.807, 2.05) is 24.3 Å². The third-order valence-corrected chi connectivity index (χ3v) is 8.21. The number of fused-ring (bicyclic) bond motifs is 3. The van der Waals surface area contributed by atoms with Crippen molar-refractivity contribution in [3.8, 4) is 67.5 Å². The summed E-state index contributed by atoms with van der Waals surface area (Å²) in [5.41, 5.74) is 12.8. The minimum Gasteiger partial charge on any atom is -0.208 e. The minimum atomic E-state index is 0.666. The van der Waals surface area contributed by atoms with Gasteiger partial charge in [0.15, 0.2) is 17.5 Å². The lowest BCUT2D eigenvalue weighted by Crippen LogP contribution is -2.02. The molecule has 0 saturated carbocycles. The van der Waals surface area contributed by atoms with Crippen molar-refractivity contribution in [1.82, 2.24) is 15.0 Å². The second-order valence-electron chi connectivity index (χ2n) is 10.9. The Balaban J connectivity index is 1.23. The molecule has 0 unspecified atom stereocenters. The van der Waals surface area contributed by atoms with E-state index >= 15 is 0 Å². The Hall–Kier alpha value is -5.67. The second-order valence-corrected chi connectivity index (χ2v) is 10.9. The molecule has 1 heterocycles. The molecule has 0 atom stereocenters. The van der Waals surface area contributed by atoms with E-state index in [1.54, 1.807) is 0 Å². The molecule has 0 radical (unpaired) electrons. The fourth-order valence-corrected chi connectivity index (χ4v) is 6.03. The van der Waals surface area contributed by atoms with Gasteiger partial charge in [-0.1, -0.05) is 146 Å². The number of rotatable bonds is 5. The van der Waals surface area contributed by atoms with Crippen LogP contribution in [0, 0.1) is 0 Å². The van der Waals surface area contributed by atoms with Gasteiger partial charge >= 0.3 is 0 Å². The van der Waals surface area contributed by atoms with E-state index in [0.717, 1.165) is 34.2 Å². The fourth-order valence-electron chi connectivity index (χ4n) is 6.03. The van der Waals surface area contributed by atoms with Crippen LogP contribution >= 0.6 is 0 Å². The van der Waals surface area contributed by atoms with Gasteiger partial charge in [-0.3, -0.25) is 0 Å². The monoisotopic (exact) mass is 549 g/mol. The van der Waals surface area contributed by atoms with Crippen molar-refractivity contribution in [2.24, 2.45) is 0 Å². The average Bonchev–Trinajstić information content (AvgIpc) is 3.48. The summed E-state index contributed by atoms with van der Waals surface area (Å²) in [6.45, 7) is 0. The average molecular weight is 550 g/mol. The molecule has 0 amide bonds. The molecule has 43 heavy (non-hydrogen) atoms. The Morgan fingerprint density at radius 2 is 0.814 bits per heavy atom. The summed E-state index contributed by atoms with van der Waals surface area (Å²) < 4.78 is 0. The highest BCUT2D eigenvalue weighted by Gasteiger charge is 2.23. The first kappa shape index (κ1) is 25.1. The summed E-state index contributed by atoms with van der Waals surface area (Å²) in [7, 11) is 0. The van der Waals surface area contributed by atoms with Gasteiger partial charge in [0, 0.05) is 16.7 Å². The van der Waals surface area contributed by atoms with Crippen LogP contribution in [-0.2, 0) is 6.42 Å². The van der Waals surface area contributed by atoms with Crippen LogP contribution in [0.1, 0.15) is 11.1 Å². The molecule has 0 aliphatic heterocycles. The predicted molar refractivity (Wildman–Crippen MR) is 175 cm³/mol. The molecule has 3 nitrogen and oxygen atoms in total. The molecule has 6 aromatic carbocycles. The molecule has 0 fully saturated rings. The van der Waals surface area contributed by atoms with Gasteiger partial charge in [-0.05, 0) is 57.0 Å². The van der Waals surface area contributed by atoms with Gasteiger partial charge in [-0.15, -0.1) is 0 Å². The second kappa shape index (κ2) is 10.6. The smallest absolute Gasteiger partial charge is 0.164 e. The van der Waals surface area contributed by atoms with E-state index in [9.17, 15) is 0 Å². The molecule has 7 aromatic rings. The van der Waals surface area contributed by atoms with Crippen LogP contribution in [0.3, 0.4) is 0 Å². The summed E-state index contributed by atoms with van der Waals surface area (Å²) >= 11 is 0. The van der Waals surface area contributed by atoms with Crippen LogP contribution in [0.2, 0.25) is 0 Å². The highest BCUT2D eigenvalue weighted by Crippen LogP contribution is 2.41. The molecular weight excluding hydrogens is 522 g/mol. The van der Waals surface area contributed by atoms with Crippen molar-refractivity contribution in [2.45, 2.75) is 6.42 Å². The van der Waals surface area contributed by atoms with Gasteiger partial charge in [0.1, 0.15) is 0 Å². The van der Waals surface area contributed by atoms with Crippen molar-refractivity contribution in [2.75, 3.05) is 0 Å². The zero-order chi connectivity index (χ0) is 28.6. The van der Waals surface area contributed by atoms with Crippen molar-refractivity contribution in [3.05, 3.63) is 163 Å². The van der Waals surface area contributed by atoms with Crippen LogP contribution in [0.5, 0.6) is 0 Å². The molecule has 202 valence electrons. The number of hydrogen-bond acceptors (Lipinski definition) is 3. The largest absolute Gasteiger partial charge is 0.208 e. The number of aromatic nitrogens is 3. The molecular formula is C40H27N3. The standard InChI is InChI=1S/C40H27N3/c1-3-11-27(12-4-1)28-21-23-29(24-22-28)31-16-9-17-33(25-31)39-41-38(30-13-5-2-6-14-30)42-40(43-39)36-20-10-19-35-34-18-8-7-15-32(34)26-37(35)36/h1-25H,26H2. The maximum atomic E-state index is 5.11. The highest BCUT2D eigenvalue weighted by atomic mass is 15.0. The normalized spacial score (nSPS) is 11.6. The summed E-state index contributed by atoms with van der Waals surface area (Å²) in [4.78, 5) is 15.1. The number of nitrogens with zero attached hydrogens (tertiary/aromatic N) is 3. The molecule has 1 aliphatic rings. The maximum absolute atomic E-state index is 5.11. The van der Waals surface area contributed by atoms with E-state index in [4.69, 9.17) is 15.0 Å². The van der Waals surface area contributed by atoms with Gasteiger partial charge in [0.25, 0.3) is 0 Å². The van der Waals surface area contributed by atoms with E-state index < -0.39 is 0 Å². The zero-order valence-corrected chi connectivity index (χ0v) is 23.5. The molecule has 3 heteroatoms. The molecule has 1 aromatic heterocycles. The Morgan fingerprint density at radius 3 is 1.58 bits per heavy atom. The molecule has 0 N–H and O–H groups in total. The lowest BCUT2D eigenvalue weighted by Gasteiger charge is -2.12. The molecule has 1 aliphatic carbocycles. The fraction of sp³-hybridized carbons (Fsp3) is 0.0250. The first-order valence-electron chi connectivity index (χ1n) is 14.6. The van der Waals surface area contributed by atoms with E-state index in [-0.39, 0.29) is 0 Å². The van der Waals surface area contributed by atoms with Crippen molar-refractivity contribution >= 4 is 0 Å². The topological polar surface area (TPSA) is 38.7 Å². The van der Waals surface area contributed by atoms with E-state index in [0.29, 0.717) is 17.5 Å². The molecule has 0 spiro atoms. The third kappa shape index (κ3) is 4.71. The Bertz CT molecular complexity index is 2080. The Labute approximate surface area is 251 Å². The first-order valence-corrected chi connectivity index (χ1v) is 14.6. The SMILES string of the molecule is c1ccc(-c2ccc(-c3cccc(-c4nc(-c5ccccc5)nc(-c5cccc6c5Cc5ccccc5-6)n4)c3)cc2)cc1. The highest BCUT2D eigenvalue weighted by molar-refractivity contribution is 5.84. The third-order valence-electron chi connectivity index (χ3n) is 8.21. The summed E-state index contributed by atoms with van der Waals surface area (Å²) in [6.07, 6.45) is 0.873. The van der Waals surface area contributed by atoms with Crippen molar-refractivity contribution in [1.29, 1.82) is 0 Å². The van der Waals surface area contributed by atoms with Crippen LogP contribution in [0.25, 0.3) is 67.5 Å². The van der Waals surface area contributed by atoms with Crippen LogP contribution in [0.15, 0.2) is 152 Å². The van der Waals surface area contributed by atoms with Crippen LogP contribution in [0.4, 0.5) is 0 Å². The van der Waals surface area contributed by atoms with Gasteiger partial charge in [0.05, 0.1) is 0 Å². The lowest BCUT2D eigenvalue weighted by atomic mass is 9.99. The quantitative estimate of drug-likeness (QED) is 0.214. The van der Waals surface area contributed by atoms with Gasteiger partial charge in [-0.25, -0.2) is 15.0 Å². The lowest BCUT2D eigenvalue weighted by molar-refractivity contribution is 1.07. The predicted octanol–water partition coefficient (Wildman–Crippen LogP) is 9.78. The number of hydrogen-bond donors (Lipinski definition) is 0. The molecule has 0 saturated heterocycles. The van der Waals surface area contributed by atoms with Gasteiger partial charge in [0.2, 0.25) is 0 Å². The van der Waals surface area contributed by atoms with Crippen molar-refractivity contribution < 1.29 is 0 Å². The van der Waals surface area contributed by atoms with E-state index in [2.05, 4.69) is 127 Å². The Kier molecular flexibility index (Phi) is 6.20. The van der Waals surface area contributed by atoms with Crippen molar-refractivity contribution in [3.63, 3.8) is 0 Å². The molecule has 8 rings (SSSR count). The first-order chi connectivity index (χ1) is 21.3. The van der Waals surface area contributed by atoms with Crippen LogP contribution < -0.4 is 0 Å². The Morgan fingerprint density at radius 1 is 0.326 bits per heavy atom. The van der Waals surface area contributed by atoms with E-state index in [1.165, 1.54) is 33.4 Å². The maximum Gasteiger partial charge on any atom is 0.164 e. The van der Waals surface area contributed by atoms with Gasteiger partial charge in [-0.2, -0.15) is 0 Å². The zero-order valence-electron chi connectivity index (χ0n) is 23.5. The summed E-state index contributed by atoms with van der Waals surface area (Å²) in [5.74, 6) is 2.04. The summed E-state index contributed by atoms with van der Waals surface area (Å²) in [5, 5.41) is 0. The minimum absolute atomic E-state index is 0.666. The van der Waals surface area contributed by atoms with Gasteiger partial charge < -0.3 is 0 Å². The summed E-state index contributed by atoms with van der Waals surface area (Å²) in [6, 6.07) is 52.9.